The maximum atomic E-state index is 11.7. The molecule has 0 aliphatic heterocycles. The molecule has 1 rings (SSSR count). The zero-order valence-electron chi connectivity index (χ0n) is 9.79. The van der Waals surface area contributed by atoms with Crippen LogP contribution in [0.2, 0.25) is 5.02 Å². The Balaban J connectivity index is 2.45. The number of carbonyl (C=O) groups excluding carboxylic acids is 1. The van der Waals surface area contributed by atoms with Crippen LogP contribution in [-0.4, -0.2) is 12.5 Å². The van der Waals surface area contributed by atoms with E-state index in [9.17, 15) is 4.79 Å². The van der Waals surface area contributed by atoms with Gasteiger partial charge < -0.3 is 5.32 Å². The van der Waals surface area contributed by atoms with Crippen LogP contribution in [0.15, 0.2) is 18.2 Å². The number of nitrogens with zero attached hydrogens (tertiary/aromatic N) is 1. The van der Waals surface area contributed by atoms with Gasteiger partial charge in [-0.15, -0.1) is 0 Å². The van der Waals surface area contributed by atoms with Gasteiger partial charge in [-0.3, -0.25) is 4.79 Å². The Morgan fingerprint density at radius 2 is 2.24 bits per heavy atom. The second-order valence-corrected chi connectivity index (χ2v) is 4.26. The van der Waals surface area contributed by atoms with Gasteiger partial charge in [0.1, 0.15) is 0 Å². The van der Waals surface area contributed by atoms with E-state index in [1.165, 1.54) is 0 Å². The number of amides is 1. The Bertz CT molecular complexity index is 438. The fourth-order valence-electron chi connectivity index (χ4n) is 1.43. The lowest BCUT2D eigenvalue weighted by molar-refractivity contribution is 0.0953. The van der Waals surface area contributed by atoms with E-state index in [0.717, 1.165) is 18.4 Å². The summed E-state index contributed by atoms with van der Waals surface area (Å²) >= 11 is 5.98. The Kier molecular flexibility index (Phi) is 5.51. The van der Waals surface area contributed by atoms with Crippen LogP contribution >= 0.6 is 11.6 Å². The number of hydrogen-bond donors (Lipinski definition) is 1. The predicted octanol–water partition coefficient (Wildman–Crippen LogP) is 3.07. The molecule has 0 aliphatic rings. The SMILES string of the molecule is Cc1ccc(C(=O)NCCCCC#N)c(Cl)c1. The second kappa shape index (κ2) is 6.93. The average molecular weight is 251 g/mol. The van der Waals surface area contributed by atoms with Gasteiger partial charge in [0, 0.05) is 13.0 Å². The van der Waals surface area contributed by atoms with Gasteiger partial charge in [-0.1, -0.05) is 17.7 Å². The molecule has 0 bridgehead atoms. The van der Waals surface area contributed by atoms with E-state index in [0.29, 0.717) is 23.6 Å². The van der Waals surface area contributed by atoms with E-state index in [1.807, 2.05) is 13.0 Å². The molecule has 4 heteroatoms. The first kappa shape index (κ1) is 13.5. The Morgan fingerprint density at radius 3 is 2.88 bits per heavy atom. The maximum Gasteiger partial charge on any atom is 0.252 e. The topological polar surface area (TPSA) is 52.9 Å². The highest BCUT2D eigenvalue weighted by Crippen LogP contribution is 2.17. The van der Waals surface area contributed by atoms with Gasteiger partial charge in [0.2, 0.25) is 0 Å². The fraction of sp³-hybridized carbons (Fsp3) is 0.385. The Morgan fingerprint density at radius 1 is 1.47 bits per heavy atom. The molecule has 0 spiro atoms. The van der Waals surface area contributed by atoms with Crippen LogP contribution in [0.4, 0.5) is 0 Å². The summed E-state index contributed by atoms with van der Waals surface area (Å²) in [7, 11) is 0. The molecule has 0 radical (unpaired) electrons. The summed E-state index contributed by atoms with van der Waals surface area (Å²) in [6.07, 6.45) is 2.14. The predicted molar refractivity (Wildman–Crippen MR) is 68.0 cm³/mol. The van der Waals surface area contributed by atoms with Gasteiger partial charge >= 0.3 is 0 Å². The lowest BCUT2D eigenvalue weighted by Gasteiger charge is -2.06. The number of hydrogen-bond acceptors (Lipinski definition) is 2. The van der Waals surface area contributed by atoms with Crippen LogP contribution in [-0.2, 0) is 0 Å². The summed E-state index contributed by atoms with van der Waals surface area (Å²) in [5.74, 6) is -0.160. The number of rotatable bonds is 5. The first-order valence-electron chi connectivity index (χ1n) is 5.56. The molecule has 1 N–H and O–H groups in total. The van der Waals surface area contributed by atoms with Crippen molar-refractivity contribution in [3.05, 3.63) is 34.3 Å². The molecule has 0 saturated heterocycles. The summed E-state index contributed by atoms with van der Waals surface area (Å²) < 4.78 is 0. The summed E-state index contributed by atoms with van der Waals surface area (Å²) in [5, 5.41) is 11.6. The van der Waals surface area contributed by atoms with Crippen molar-refractivity contribution in [2.75, 3.05) is 6.54 Å². The van der Waals surface area contributed by atoms with Crippen molar-refractivity contribution in [1.29, 1.82) is 5.26 Å². The van der Waals surface area contributed by atoms with Crippen molar-refractivity contribution in [2.45, 2.75) is 26.2 Å². The van der Waals surface area contributed by atoms with Crippen molar-refractivity contribution in [2.24, 2.45) is 0 Å². The molecular formula is C13H15ClN2O. The molecule has 1 amide bonds. The highest BCUT2D eigenvalue weighted by Gasteiger charge is 2.09. The van der Waals surface area contributed by atoms with Gasteiger partial charge in [0.25, 0.3) is 5.91 Å². The third kappa shape index (κ3) is 4.46. The first-order valence-corrected chi connectivity index (χ1v) is 5.94. The van der Waals surface area contributed by atoms with Crippen molar-refractivity contribution in [3.63, 3.8) is 0 Å². The molecule has 0 aliphatic carbocycles. The van der Waals surface area contributed by atoms with E-state index in [4.69, 9.17) is 16.9 Å². The van der Waals surface area contributed by atoms with E-state index in [2.05, 4.69) is 11.4 Å². The summed E-state index contributed by atoms with van der Waals surface area (Å²) in [4.78, 5) is 11.7. The monoisotopic (exact) mass is 250 g/mol. The number of aryl methyl sites for hydroxylation is 1. The van der Waals surface area contributed by atoms with E-state index in [1.54, 1.807) is 12.1 Å². The molecule has 0 heterocycles. The highest BCUT2D eigenvalue weighted by molar-refractivity contribution is 6.33. The average Bonchev–Trinajstić information content (AvgIpc) is 2.28. The van der Waals surface area contributed by atoms with Gasteiger partial charge in [0.05, 0.1) is 16.7 Å². The minimum Gasteiger partial charge on any atom is -0.352 e. The van der Waals surface area contributed by atoms with Gasteiger partial charge in [-0.2, -0.15) is 5.26 Å². The third-order valence-electron chi connectivity index (χ3n) is 2.37. The number of carbonyl (C=O) groups is 1. The van der Waals surface area contributed by atoms with E-state index < -0.39 is 0 Å². The van der Waals surface area contributed by atoms with E-state index in [-0.39, 0.29) is 5.91 Å². The molecule has 90 valence electrons. The number of nitriles is 1. The van der Waals surface area contributed by atoms with Crippen molar-refractivity contribution in [1.82, 2.24) is 5.32 Å². The summed E-state index contributed by atoms with van der Waals surface area (Å²) in [5.41, 5.74) is 1.53. The zero-order chi connectivity index (χ0) is 12.7. The second-order valence-electron chi connectivity index (χ2n) is 3.85. The fourth-order valence-corrected chi connectivity index (χ4v) is 1.75. The number of halogens is 1. The lowest BCUT2D eigenvalue weighted by atomic mass is 10.1. The smallest absolute Gasteiger partial charge is 0.252 e. The van der Waals surface area contributed by atoms with Gasteiger partial charge in [0.15, 0.2) is 0 Å². The number of unbranched alkanes of at least 4 members (excludes halogenated alkanes) is 2. The number of benzene rings is 1. The summed E-state index contributed by atoms with van der Waals surface area (Å²) in [6, 6.07) is 7.42. The normalized spacial score (nSPS) is 9.71. The van der Waals surface area contributed by atoms with Crippen molar-refractivity contribution in [3.8, 4) is 6.07 Å². The standard InChI is InChI=1S/C13H15ClN2O/c1-10-5-6-11(12(14)9-10)13(17)16-8-4-2-3-7-15/h5-6,9H,2-4,8H2,1H3,(H,16,17). The molecule has 1 aromatic rings. The van der Waals surface area contributed by atoms with Crippen LogP contribution in [0.1, 0.15) is 35.2 Å². The molecule has 0 atom stereocenters. The lowest BCUT2D eigenvalue weighted by Crippen LogP contribution is -2.24. The minimum absolute atomic E-state index is 0.160. The highest BCUT2D eigenvalue weighted by atomic mass is 35.5. The molecule has 0 saturated carbocycles. The van der Waals surface area contributed by atoms with Gasteiger partial charge in [-0.25, -0.2) is 0 Å². The zero-order valence-corrected chi connectivity index (χ0v) is 10.5. The van der Waals surface area contributed by atoms with Crippen molar-refractivity contribution >= 4 is 17.5 Å². The van der Waals surface area contributed by atoms with Crippen LogP contribution in [0.25, 0.3) is 0 Å². The molecular weight excluding hydrogens is 236 g/mol. The Hall–Kier alpha value is -1.53. The molecule has 0 fully saturated rings. The minimum atomic E-state index is -0.160. The van der Waals surface area contributed by atoms with E-state index >= 15 is 0 Å². The molecule has 0 unspecified atom stereocenters. The molecule has 3 nitrogen and oxygen atoms in total. The quantitative estimate of drug-likeness (QED) is 0.817. The van der Waals surface area contributed by atoms with Gasteiger partial charge in [-0.05, 0) is 37.5 Å². The van der Waals surface area contributed by atoms with Crippen LogP contribution in [0.5, 0.6) is 0 Å². The first-order chi connectivity index (χ1) is 8.15. The van der Waals surface area contributed by atoms with Crippen LogP contribution in [0.3, 0.4) is 0 Å². The maximum absolute atomic E-state index is 11.7. The molecule has 1 aromatic carbocycles. The largest absolute Gasteiger partial charge is 0.352 e. The Labute approximate surface area is 106 Å². The number of nitrogens with one attached hydrogen (secondary N) is 1. The van der Waals surface area contributed by atoms with Crippen molar-refractivity contribution < 1.29 is 4.79 Å². The van der Waals surface area contributed by atoms with Crippen LogP contribution < -0.4 is 5.32 Å². The molecule has 0 aromatic heterocycles. The third-order valence-corrected chi connectivity index (χ3v) is 2.68. The molecule has 17 heavy (non-hydrogen) atoms. The van der Waals surface area contributed by atoms with Crippen LogP contribution in [0, 0.1) is 18.3 Å². The summed E-state index contributed by atoms with van der Waals surface area (Å²) in [6.45, 7) is 2.50.